The summed E-state index contributed by atoms with van der Waals surface area (Å²) in [5, 5.41) is 3.09. The standard InChI is InChI=1S/C25H34N4O/c1-20-6-4-7-21(16-20)18-28-14-10-24(11-15-28)29-13-5-8-22(19-29)25(30)27-17-23-9-2-3-12-26-23/h2-4,6-7,9,12,16,22,24H,5,8,10-11,13-15,17-19H2,1H3,(H,27,30)/t22-/m0/s1. The lowest BCUT2D eigenvalue weighted by Gasteiger charge is -2.42. The molecule has 4 rings (SSSR count). The quantitative estimate of drug-likeness (QED) is 0.799. The first-order chi connectivity index (χ1) is 14.7. The molecule has 2 fully saturated rings. The van der Waals surface area contributed by atoms with Crippen LogP contribution < -0.4 is 5.32 Å². The highest BCUT2D eigenvalue weighted by Crippen LogP contribution is 2.25. The van der Waals surface area contributed by atoms with Crippen LogP contribution in [0.5, 0.6) is 0 Å². The van der Waals surface area contributed by atoms with Crippen LogP contribution in [0.4, 0.5) is 0 Å². The molecule has 1 atom stereocenters. The second-order valence-electron chi connectivity index (χ2n) is 8.87. The highest BCUT2D eigenvalue weighted by Gasteiger charge is 2.31. The number of pyridine rings is 1. The van der Waals surface area contributed by atoms with Gasteiger partial charge in [0.15, 0.2) is 0 Å². The first kappa shape index (κ1) is 21.0. The Labute approximate surface area is 180 Å². The summed E-state index contributed by atoms with van der Waals surface area (Å²) in [6, 6.07) is 15.3. The molecule has 2 aromatic rings. The zero-order valence-electron chi connectivity index (χ0n) is 18.1. The number of aryl methyl sites for hydroxylation is 1. The Morgan fingerprint density at radius 2 is 1.97 bits per heavy atom. The summed E-state index contributed by atoms with van der Waals surface area (Å²) in [5.74, 6) is 0.287. The molecule has 0 aliphatic carbocycles. The number of nitrogens with one attached hydrogen (secondary N) is 1. The summed E-state index contributed by atoms with van der Waals surface area (Å²) < 4.78 is 0. The third kappa shape index (κ3) is 5.67. The molecule has 1 N–H and O–H groups in total. The van der Waals surface area contributed by atoms with Crippen molar-refractivity contribution in [2.45, 2.75) is 51.7 Å². The SMILES string of the molecule is Cc1cccc(CN2CCC(N3CCC[C@H](C(=O)NCc4ccccn4)C3)CC2)c1. The Morgan fingerprint density at radius 1 is 1.10 bits per heavy atom. The highest BCUT2D eigenvalue weighted by molar-refractivity contribution is 5.78. The van der Waals surface area contributed by atoms with Crippen LogP contribution in [0.15, 0.2) is 48.7 Å². The zero-order valence-corrected chi connectivity index (χ0v) is 18.1. The van der Waals surface area contributed by atoms with Gasteiger partial charge in [-0.3, -0.25) is 19.6 Å². The lowest BCUT2D eigenvalue weighted by atomic mass is 9.93. The van der Waals surface area contributed by atoms with E-state index in [0.29, 0.717) is 12.6 Å². The minimum atomic E-state index is 0.104. The monoisotopic (exact) mass is 406 g/mol. The summed E-state index contributed by atoms with van der Waals surface area (Å²) in [6.07, 6.45) is 6.29. The number of piperidine rings is 2. The van der Waals surface area contributed by atoms with Crippen LogP contribution in [-0.4, -0.2) is 52.9 Å². The summed E-state index contributed by atoms with van der Waals surface area (Å²) >= 11 is 0. The summed E-state index contributed by atoms with van der Waals surface area (Å²) in [7, 11) is 0. The molecule has 160 valence electrons. The lowest BCUT2D eigenvalue weighted by molar-refractivity contribution is -0.127. The van der Waals surface area contributed by atoms with E-state index in [1.807, 2.05) is 18.2 Å². The maximum Gasteiger partial charge on any atom is 0.224 e. The van der Waals surface area contributed by atoms with Crippen molar-refractivity contribution in [2.24, 2.45) is 5.92 Å². The Balaban J connectivity index is 1.23. The van der Waals surface area contributed by atoms with E-state index in [0.717, 1.165) is 51.3 Å². The van der Waals surface area contributed by atoms with Crippen LogP contribution in [0.25, 0.3) is 0 Å². The van der Waals surface area contributed by atoms with Crippen LogP contribution in [0.1, 0.15) is 42.5 Å². The van der Waals surface area contributed by atoms with Gasteiger partial charge in [-0.2, -0.15) is 0 Å². The van der Waals surface area contributed by atoms with Gasteiger partial charge in [0, 0.05) is 25.3 Å². The molecule has 0 bridgehead atoms. The van der Waals surface area contributed by atoms with E-state index in [-0.39, 0.29) is 11.8 Å². The predicted octanol–water partition coefficient (Wildman–Crippen LogP) is 3.38. The molecule has 0 spiro atoms. The number of hydrogen-bond donors (Lipinski definition) is 1. The molecule has 5 nitrogen and oxygen atoms in total. The lowest BCUT2D eigenvalue weighted by Crippen LogP contribution is -2.50. The second-order valence-corrected chi connectivity index (χ2v) is 8.87. The Bertz CT molecular complexity index is 817. The number of amides is 1. The largest absolute Gasteiger partial charge is 0.350 e. The number of rotatable bonds is 6. The van der Waals surface area contributed by atoms with E-state index in [4.69, 9.17) is 0 Å². The van der Waals surface area contributed by atoms with Crippen molar-refractivity contribution in [3.8, 4) is 0 Å². The number of benzene rings is 1. The topological polar surface area (TPSA) is 48.5 Å². The van der Waals surface area contributed by atoms with E-state index >= 15 is 0 Å². The first-order valence-electron chi connectivity index (χ1n) is 11.4. The molecule has 1 amide bonds. The minimum absolute atomic E-state index is 0.104. The van der Waals surface area contributed by atoms with Gasteiger partial charge >= 0.3 is 0 Å². The molecular weight excluding hydrogens is 372 g/mol. The number of hydrogen-bond acceptors (Lipinski definition) is 4. The van der Waals surface area contributed by atoms with Crippen LogP contribution in [0, 0.1) is 12.8 Å². The van der Waals surface area contributed by atoms with E-state index in [1.165, 1.54) is 24.0 Å². The van der Waals surface area contributed by atoms with Gasteiger partial charge in [0.2, 0.25) is 5.91 Å². The molecule has 0 unspecified atom stereocenters. The van der Waals surface area contributed by atoms with Crippen molar-refractivity contribution in [3.63, 3.8) is 0 Å². The number of carbonyl (C=O) groups excluding carboxylic acids is 1. The number of likely N-dealkylation sites (tertiary alicyclic amines) is 2. The Morgan fingerprint density at radius 3 is 2.73 bits per heavy atom. The maximum atomic E-state index is 12.7. The summed E-state index contributed by atoms with van der Waals surface area (Å²) in [5.41, 5.74) is 3.67. The molecule has 2 aliphatic rings. The van der Waals surface area contributed by atoms with Crippen molar-refractivity contribution in [1.82, 2.24) is 20.1 Å². The molecule has 0 saturated carbocycles. The van der Waals surface area contributed by atoms with Gasteiger partial charge in [0.1, 0.15) is 0 Å². The van der Waals surface area contributed by atoms with Gasteiger partial charge in [-0.15, -0.1) is 0 Å². The van der Waals surface area contributed by atoms with Gasteiger partial charge in [-0.05, 0) is 69.9 Å². The fraction of sp³-hybridized carbons (Fsp3) is 0.520. The van der Waals surface area contributed by atoms with E-state index in [9.17, 15) is 4.79 Å². The Kier molecular flexibility index (Phi) is 7.13. The third-order valence-electron chi connectivity index (χ3n) is 6.56. The van der Waals surface area contributed by atoms with Gasteiger partial charge < -0.3 is 5.32 Å². The normalized spacial score (nSPS) is 21.4. The molecule has 1 aromatic heterocycles. The summed E-state index contributed by atoms with van der Waals surface area (Å²) in [4.78, 5) is 22.2. The molecular formula is C25H34N4O. The molecule has 0 radical (unpaired) electrons. The van der Waals surface area contributed by atoms with E-state index in [2.05, 4.69) is 51.3 Å². The van der Waals surface area contributed by atoms with Gasteiger partial charge in [-0.25, -0.2) is 0 Å². The highest BCUT2D eigenvalue weighted by atomic mass is 16.1. The van der Waals surface area contributed by atoms with Crippen LogP contribution in [0.2, 0.25) is 0 Å². The average molecular weight is 407 g/mol. The molecule has 5 heteroatoms. The van der Waals surface area contributed by atoms with Crippen LogP contribution in [-0.2, 0) is 17.9 Å². The molecule has 1 aromatic carbocycles. The predicted molar refractivity (Wildman–Crippen MR) is 120 cm³/mol. The van der Waals surface area contributed by atoms with Gasteiger partial charge in [0.25, 0.3) is 0 Å². The van der Waals surface area contributed by atoms with E-state index in [1.54, 1.807) is 6.20 Å². The summed E-state index contributed by atoms with van der Waals surface area (Å²) in [6.45, 7) is 8.05. The molecule has 2 saturated heterocycles. The van der Waals surface area contributed by atoms with Gasteiger partial charge in [0.05, 0.1) is 18.2 Å². The zero-order chi connectivity index (χ0) is 20.8. The maximum absolute atomic E-state index is 12.7. The van der Waals surface area contributed by atoms with Crippen molar-refractivity contribution < 1.29 is 4.79 Å². The minimum Gasteiger partial charge on any atom is -0.350 e. The number of carbonyl (C=O) groups is 1. The number of nitrogens with zero attached hydrogens (tertiary/aromatic N) is 3. The van der Waals surface area contributed by atoms with Crippen molar-refractivity contribution in [3.05, 3.63) is 65.5 Å². The molecule has 2 aliphatic heterocycles. The second kappa shape index (κ2) is 10.2. The van der Waals surface area contributed by atoms with Crippen LogP contribution in [0.3, 0.4) is 0 Å². The van der Waals surface area contributed by atoms with Gasteiger partial charge in [-0.1, -0.05) is 35.9 Å². The van der Waals surface area contributed by atoms with Crippen molar-refractivity contribution in [2.75, 3.05) is 26.2 Å². The van der Waals surface area contributed by atoms with Crippen molar-refractivity contribution in [1.29, 1.82) is 0 Å². The smallest absolute Gasteiger partial charge is 0.224 e. The van der Waals surface area contributed by atoms with Crippen LogP contribution >= 0.6 is 0 Å². The van der Waals surface area contributed by atoms with E-state index < -0.39 is 0 Å². The fourth-order valence-corrected chi connectivity index (χ4v) is 4.89. The molecule has 30 heavy (non-hydrogen) atoms. The third-order valence-corrected chi connectivity index (χ3v) is 6.56. The average Bonchev–Trinajstić information content (AvgIpc) is 2.79. The number of aromatic nitrogens is 1. The molecule has 3 heterocycles. The first-order valence-corrected chi connectivity index (χ1v) is 11.4. The van der Waals surface area contributed by atoms with Crippen molar-refractivity contribution >= 4 is 5.91 Å². The Hall–Kier alpha value is -2.24. The fourth-order valence-electron chi connectivity index (χ4n) is 4.89.